The highest BCUT2D eigenvalue weighted by atomic mass is 16.3. The zero-order chi connectivity index (χ0) is 40.5. The van der Waals surface area contributed by atoms with Gasteiger partial charge in [0.1, 0.15) is 11.2 Å². The minimum Gasteiger partial charge on any atom is -0.456 e. The van der Waals surface area contributed by atoms with Crippen molar-refractivity contribution in [3.63, 3.8) is 0 Å². The van der Waals surface area contributed by atoms with Crippen LogP contribution in [0.15, 0.2) is 217 Å². The Kier molecular flexibility index (Phi) is 7.98. The molecule has 0 fully saturated rings. The molecule has 12 rings (SSSR count). The molecule has 1 aliphatic rings. The number of para-hydroxylation sites is 1. The van der Waals surface area contributed by atoms with Crippen molar-refractivity contribution in [2.24, 2.45) is 0 Å². The van der Waals surface area contributed by atoms with Crippen LogP contribution in [0.4, 0.5) is 0 Å². The third-order valence-corrected chi connectivity index (χ3v) is 12.8. The number of aromatic nitrogens is 2. The van der Waals surface area contributed by atoms with Gasteiger partial charge in [0.05, 0.1) is 11.4 Å². The van der Waals surface area contributed by atoms with Crippen LogP contribution in [-0.4, -0.2) is 9.97 Å². The number of rotatable bonds is 6. The molecule has 0 N–H and O–H groups in total. The molecule has 0 bridgehead atoms. The second-order valence-electron chi connectivity index (χ2n) is 16.2. The highest BCUT2D eigenvalue weighted by molar-refractivity contribution is 6.07. The van der Waals surface area contributed by atoms with Gasteiger partial charge in [0.15, 0.2) is 5.82 Å². The first-order valence-electron chi connectivity index (χ1n) is 20.9. The fourth-order valence-corrected chi connectivity index (χ4v) is 9.77. The van der Waals surface area contributed by atoms with E-state index in [1.54, 1.807) is 0 Å². The summed E-state index contributed by atoms with van der Waals surface area (Å²) < 4.78 is 6.26. The topological polar surface area (TPSA) is 38.9 Å². The van der Waals surface area contributed by atoms with Gasteiger partial charge in [-0.25, -0.2) is 9.97 Å². The molecule has 0 spiro atoms. The number of hydrogen-bond acceptors (Lipinski definition) is 3. The predicted octanol–water partition coefficient (Wildman–Crippen LogP) is 15.2. The van der Waals surface area contributed by atoms with E-state index in [1.165, 1.54) is 44.2 Å². The lowest BCUT2D eigenvalue weighted by Crippen LogP contribution is -2.22. The maximum Gasteiger partial charge on any atom is 0.160 e. The van der Waals surface area contributed by atoms with E-state index in [-0.39, 0.29) is 5.41 Å². The predicted molar refractivity (Wildman–Crippen MR) is 251 cm³/mol. The Labute approximate surface area is 354 Å². The van der Waals surface area contributed by atoms with Gasteiger partial charge in [-0.1, -0.05) is 170 Å². The second kappa shape index (κ2) is 13.9. The first-order valence-corrected chi connectivity index (χ1v) is 20.9. The Morgan fingerprint density at radius 1 is 0.377 bits per heavy atom. The van der Waals surface area contributed by atoms with Gasteiger partial charge in [0, 0.05) is 32.9 Å². The van der Waals surface area contributed by atoms with Crippen LogP contribution in [0.3, 0.4) is 0 Å². The van der Waals surface area contributed by atoms with E-state index < -0.39 is 0 Å². The Bertz CT molecular complexity index is 3490. The van der Waals surface area contributed by atoms with E-state index in [0.29, 0.717) is 5.82 Å². The molecule has 61 heavy (non-hydrogen) atoms. The fourth-order valence-electron chi connectivity index (χ4n) is 9.77. The Morgan fingerprint density at radius 3 is 1.89 bits per heavy atom. The molecular weight excluding hydrogens is 741 g/mol. The van der Waals surface area contributed by atoms with Gasteiger partial charge in [0.25, 0.3) is 0 Å². The van der Waals surface area contributed by atoms with Crippen molar-refractivity contribution in [2.45, 2.75) is 12.3 Å². The second-order valence-corrected chi connectivity index (χ2v) is 16.2. The quantitative estimate of drug-likeness (QED) is 0.169. The number of benzene rings is 9. The molecule has 1 unspecified atom stereocenters. The monoisotopic (exact) mass is 778 g/mol. The van der Waals surface area contributed by atoms with E-state index in [9.17, 15) is 0 Å². The first kappa shape index (κ1) is 35.1. The smallest absolute Gasteiger partial charge is 0.160 e. The summed E-state index contributed by atoms with van der Waals surface area (Å²) >= 11 is 0. The van der Waals surface area contributed by atoms with Gasteiger partial charge in [-0.2, -0.15) is 0 Å². The molecule has 11 aromatic rings. The molecule has 0 aliphatic heterocycles. The van der Waals surface area contributed by atoms with Gasteiger partial charge in [0.2, 0.25) is 0 Å². The standard InChI is InChI=1S/C58H38N2O/c1-58(43-20-6-3-7-21-43)50-27-12-10-24-47(50)56-48(26-15-28-51(56)58)53-36-52(59-57(60-53)38-17-4-2-5-18-38)42-33-40(32-41(34-42)45-25-14-19-37-16-8-9-22-44(37)45)39-30-31-55-49(35-39)46-23-11-13-29-54(46)61-55/h2-36H,1H3. The fraction of sp³-hybridized carbons (Fsp3) is 0.0345. The van der Waals surface area contributed by atoms with Gasteiger partial charge < -0.3 is 4.42 Å². The van der Waals surface area contributed by atoms with E-state index >= 15 is 0 Å². The Morgan fingerprint density at radius 2 is 1.00 bits per heavy atom. The van der Waals surface area contributed by atoms with Crippen LogP contribution in [0.2, 0.25) is 0 Å². The number of furan rings is 1. The summed E-state index contributed by atoms with van der Waals surface area (Å²) in [5, 5.41) is 4.62. The van der Waals surface area contributed by atoms with Crippen LogP contribution in [0, 0.1) is 0 Å². The molecule has 3 nitrogen and oxygen atoms in total. The van der Waals surface area contributed by atoms with Crippen LogP contribution in [0.5, 0.6) is 0 Å². The van der Waals surface area contributed by atoms with Crippen molar-refractivity contribution in [3.8, 4) is 67.3 Å². The highest BCUT2D eigenvalue weighted by Crippen LogP contribution is 2.55. The Hall–Kier alpha value is -7.88. The lowest BCUT2D eigenvalue weighted by molar-refractivity contribution is 0.669. The molecule has 9 aromatic carbocycles. The van der Waals surface area contributed by atoms with Crippen molar-refractivity contribution in [1.29, 1.82) is 0 Å². The SMILES string of the molecule is CC1(c2ccccc2)c2ccccc2-c2c(-c3cc(-c4cc(-c5ccc6oc7ccccc7c6c5)cc(-c5cccc6ccccc56)c4)nc(-c4ccccc4)n3)cccc21. The molecule has 2 heterocycles. The van der Waals surface area contributed by atoms with Crippen molar-refractivity contribution in [2.75, 3.05) is 0 Å². The average Bonchev–Trinajstić information content (AvgIpc) is 3.84. The number of fused-ring (bicyclic) bond motifs is 7. The normalized spacial score (nSPS) is 14.4. The van der Waals surface area contributed by atoms with Crippen LogP contribution >= 0.6 is 0 Å². The zero-order valence-electron chi connectivity index (χ0n) is 33.5. The maximum absolute atomic E-state index is 6.26. The summed E-state index contributed by atoms with van der Waals surface area (Å²) in [6.45, 7) is 2.36. The van der Waals surface area contributed by atoms with Crippen LogP contribution < -0.4 is 0 Å². The molecule has 0 saturated carbocycles. The molecule has 0 saturated heterocycles. The third kappa shape index (κ3) is 5.66. The van der Waals surface area contributed by atoms with Crippen LogP contribution in [0.1, 0.15) is 23.6 Å². The van der Waals surface area contributed by atoms with Crippen molar-refractivity contribution >= 4 is 32.7 Å². The number of nitrogens with zero attached hydrogens (tertiary/aromatic N) is 2. The van der Waals surface area contributed by atoms with Crippen molar-refractivity contribution in [3.05, 3.63) is 229 Å². The minimum atomic E-state index is -0.329. The Balaban J connectivity index is 1.11. The summed E-state index contributed by atoms with van der Waals surface area (Å²) in [7, 11) is 0. The largest absolute Gasteiger partial charge is 0.456 e. The van der Waals surface area contributed by atoms with Gasteiger partial charge in [-0.05, 0) is 110 Å². The summed E-state index contributed by atoms with van der Waals surface area (Å²) in [5.41, 5.74) is 17.1. The molecule has 1 aliphatic carbocycles. The van der Waals surface area contributed by atoms with E-state index in [4.69, 9.17) is 14.4 Å². The lowest BCUT2D eigenvalue weighted by atomic mass is 9.74. The minimum absolute atomic E-state index is 0.329. The summed E-state index contributed by atoms with van der Waals surface area (Å²) in [6.07, 6.45) is 0. The molecule has 3 heteroatoms. The van der Waals surface area contributed by atoms with Crippen molar-refractivity contribution < 1.29 is 4.42 Å². The van der Waals surface area contributed by atoms with Gasteiger partial charge in [-0.3, -0.25) is 0 Å². The zero-order valence-corrected chi connectivity index (χ0v) is 33.5. The van der Waals surface area contributed by atoms with E-state index in [1.807, 2.05) is 18.2 Å². The van der Waals surface area contributed by atoms with Crippen LogP contribution in [-0.2, 0) is 5.41 Å². The summed E-state index contributed by atoms with van der Waals surface area (Å²) in [4.78, 5) is 10.8. The van der Waals surface area contributed by atoms with E-state index in [0.717, 1.165) is 66.7 Å². The molecule has 286 valence electrons. The lowest BCUT2D eigenvalue weighted by Gasteiger charge is -2.28. The molecule has 1 atom stereocenters. The average molecular weight is 779 g/mol. The molecule has 0 radical (unpaired) electrons. The molecular formula is C58H38N2O. The summed E-state index contributed by atoms with van der Waals surface area (Å²) in [5.74, 6) is 0.686. The third-order valence-electron chi connectivity index (χ3n) is 12.8. The van der Waals surface area contributed by atoms with Crippen molar-refractivity contribution in [1.82, 2.24) is 9.97 Å². The van der Waals surface area contributed by atoms with E-state index in [2.05, 4.69) is 201 Å². The maximum atomic E-state index is 6.26. The molecule has 2 aromatic heterocycles. The van der Waals surface area contributed by atoms with Gasteiger partial charge in [-0.15, -0.1) is 0 Å². The molecule has 0 amide bonds. The van der Waals surface area contributed by atoms with Gasteiger partial charge >= 0.3 is 0 Å². The number of hydrogen-bond donors (Lipinski definition) is 0. The first-order chi connectivity index (χ1) is 30.1. The van der Waals surface area contributed by atoms with Crippen LogP contribution in [0.25, 0.3) is 100.0 Å². The highest BCUT2D eigenvalue weighted by Gasteiger charge is 2.41. The summed E-state index contributed by atoms with van der Waals surface area (Å²) in [6, 6.07) is 75.9.